The van der Waals surface area contributed by atoms with Gasteiger partial charge in [0, 0.05) is 6.54 Å². The summed E-state index contributed by atoms with van der Waals surface area (Å²) in [5, 5.41) is -0.181. The molecule has 0 radical (unpaired) electrons. The predicted molar refractivity (Wildman–Crippen MR) is 78.5 cm³/mol. The van der Waals surface area contributed by atoms with Crippen LogP contribution >= 0.6 is 0 Å². The van der Waals surface area contributed by atoms with Gasteiger partial charge in [0.2, 0.25) is 10.0 Å². The molecule has 1 aliphatic carbocycles. The van der Waals surface area contributed by atoms with E-state index in [0.717, 1.165) is 50.5 Å². The fourth-order valence-corrected chi connectivity index (χ4v) is 4.25. The predicted octanol–water partition coefficient (Wildman–Crippen LogP) is 3.01. The summed E-state index contributed by atoms with van der Waals surface area (Å²) in [7, 11) is -3.11. The second kappa shape index (κ2) is 7.18. The molecule has 0 spiro atoms. The van der Waals surface area contributed by atoms with E-state index in [4.69, 9.17) is 0 Å². The SMILES string of the molecule is O=S(=O)(NCCCCc1ccc(F)cc1)C1CCCC1. The third-order valence-corrected chi connectivity index (χ3v) is 5.81. The summed E-state index contributed by atoms with van der Waals surface area (Å²) >= 11 is 0. The second-order valence-corrected chi connectivity index (χ2v) is 7.47. The Bertz CT molecular complexity index is 507. The van der Waals surface area contributed by atoms with Gasteiger partial charge in [-0.2, -0.15) is 0 Å². The van der Waals surface area contributed by atoms with Gasteiger partial charge in [-0.25, -0.2) is 17.5 Å². The molecular formula is C15H22FNO2S. The second-order valence-electron chi connectivity index (χ2n) is 5.43. The van der Waals surface area contributed by atoms with Crippen molar-refractivity contribution < 1.29 is 12.8 Å². The van der Waals surface area contributed by atoms with Crippen LogP contribution in [-0.4, -0.2) is 20.2 Å². The van der Waals surface area contributed by atoms with Crippen molar-refractivity contribution in [2.24, 2.45) is 0 Å². The average molecular weight is 299 g/mol. The lowest BCUT2D eigenvalue weighted by Crippen LogP contribution is -2.33. The van der Waals surface area contributed by atoms with Gasteiger partial charge in [0.15, 0.2) is 0 Å². The monoisotopic (exact) mass is 299 g/mol. The number of aryl methyl sites for hydroxylation is 1. The van der Waals surface area contributed by atoms with Gasteiger partial charge in [0.25, 0.3) is 0 Å². The zero-order chi connectivity index (χ0) is 14.4. The molecule has 0 heterocycles. The van der Waals surface area contributed by atoms with E-state index < -0.39 is 10.0 Å². The fourth-order valence-electron chi connectivity index (χ4n) is 2.64. The Morgan fingerprint density at radius 1 is 1.10 bits per heavy atom. The maximum atomic E-state index is 12.7. The molecule has 112 valence electrons. The van der Waals surface area contributed by atoms with Crippen LogP contribution < -0.4 is 4.72 Å². The molecule has 5 heteroatoms. The molecule has 0 amide bonds. The Morgan fingerprint density at radius 3 is 2.40 bits per heavy atom. The molecule has 1 fully saturated rings. The van der Waals surface area contributed by atoms with E-state index >= 15 is 0 Å². The van der Waals surface area contributed by atoms with Gasteiger partial charge in [0.05, 0.1) is 5.25 Å². The van der Waals surface area contributed by atoms with Crippen LogP contribution in [0, 0.1) is 5.82 Å². The highest BCUT2D eigenvalue weighted by Crippen LogP contribution is 2.23. The largest absolute Gasteiger partial charge is 0.215 e. The van der Waals surface area contributed by atoms with Gasteiger partial charge in [-0.15, -0.1) is 0 Å². The van der Waals surface area contributed by atoms with Crippen LogP contribution in [0.2, 0.25) is 0 Å². The van der Waals surface area contributed by atoms with Crippen LogP contribution in [0.3, 0.4) is 0 Å². The zero-order valence-electron chi connectivity index (χ0n) is 11.6. The van der Waals surface area contributed by atoms with E-state index in [-0.39, 0.29) is 11.1 Å². The molecule has 1 aliphatic rings. The van der Waals surface area contributed by atoms with Crippen LogP contribution in [0.15, 0.2) is 24.3 Å². The lowest BCUT2D eigenvalue weighted by Gasteiger charge is -2.12. The minimum absolute atomic E-state index is 0.181. The number of unbranched alkanes of at least 4 members (excludes halogenated alkanes) is 1. The third-order valence-electron chi connectivity index (χ3n) is 3.85. The molecule has 0 saturated heterocycles. The number of sulfonamides is 1. The van der Waals surface area contributed by atoms with Crippen molar-refractivity contribution in [2.45, 2.75) is 50.2 Å². The summed E-state index contributed by atoms with van der Waals surface area (Å²) in [6.07, 6.45) is 6.20. The fraction of sp³-hybridized carbons (Fsp3) is 0.600. The highest BCUT2D eigenvalue weighted by molar-refractivity contribution is 7.90. The highest BCUT2D eigenvalue weighted by Gasteiger charge is 2.27. The molecule has 0 bridgehead atoms. The van der Waals surface area contributed by atoms with Gasteiger partial charge >= 0.3 is 0 Å². The molecule has 0 unspecified atom stereocenters. The number of hydrogen-bond donors (Lipinski definition) is 1. The van der Waals surface area contributed by atoms with Gasteiger partial charge < -0.3 is 0 Å². The molecular weight excluding hydrogens is 277 g/mol. The molecule has 0 aliphatic heterocycles. The van der Waals surface area contributed by atoms with Crippen molar-refractivity contribution in [3.05, 3.63) is 35.6 Å². The Morgan fingerprint density at radius 2 is 1.75 bits per heavy atom. The first kappa shape index (κ1) is 15.4. The van der Waals surface area contributed by atoms with Crippen LogP contribution in [0.5, 0.6) is 0 Å². The topological polar surface area (TPSA) is 46.2 Å². The average Bonchev–Trinajstić information content (AvgIpc) is 2.95. The molecule has 1 saturated carbocycles. The Balaban J connectivity index is 1.65. The van der Waals surface area contributed by atoms with E-state index in [1.54, 1.807) is 12.1 Å². The van der Waals surface area contributed by atoms with E-state index in [9.17, 15) is 12.8 Å². The number of nitrogens with one attached hydrogen (secondary N) is 1. The van der Waals surface area contributed by atoms with Gasteiger partial charge in [-0.05, 0) is 49.8 Å². The molecule has 2 rings (SSSR count). The molecule has 1 aromatic rings. The lowest BCUT2D eigenvalue weighted by molar-refractivity contribution is 0.560. The summed E-state index contributed by atoms with van der Waals surface area (Å²) < 4.78 is 39.3. The molecule has 20 heavy (non-hydrogen) atoms. The standard InChI is InChI=1S/C15H22FNO2S/c16-14-10-8-13(9-11-14)5-3-4-12-17-20(18,19)15-6-1-2-7-15/h8-11,15,17H,1-7,12H2. The number of rotatable bonds is 7. The summed E-state index contributed by atoms with van der Waals surface area (Å²) in [5.41, 5.74) is 1.09. The molecule has 3 nitrogen and oxygen atoms in total. The summed E-state index contributed by atoms with van der Waals surface area (Å²) in [5.74, 6) is -0.224. The smallest absolute Gasteiger partial charge is 0.214 e. The Hall–Kier alpha value is -0.940. The van der Waals surface area contributed by atoms with Crippen LogP contribution in [0.1, 0.15) is 44.1 Å². The van der Waals surface area contributed by atoms with Crippen LogP contribution in [0.4, 0.5) is 4.39 Å². The minimum atomic E-state index is -3.11. The Labute approximate surface area is 120 Å². The summed E-state index contributed by atoms with van der Waals surface area (Å²) in [6.45, 7) is 0.500. The maximum Gasteiger partial charge on any atom is 0.214 e. The molecule has 0 atom stereocenters. The van der Waals surface area contributed by atoms with Crippen molar-refractivity contribution in [1.29, 1.82) is 0 Å². The number of benzene rings is 1. The van der Waals surface area contributed by atoms with Gasteiger partial charge in [-0.3, -0.25) is 0 Å². The molecule has 0 aromatic heterocycles. The van der Waals surface area contributed by atoms with Crippen LogP contribution in [0.25, 0.3) is 0 Å². The maximum absolute atomic E-state index is 12.7. The van der Waals surface area contributed by atoms with E-state index in [0.29, 0.717) is 6.54 Å². The normalized spacial score (nSPS) is 16.6. The van der Waals surface area contributed by atoms with Gasteiger partial charge in [-0.1, -0.05) is 25.0 Å². The molecule has 1 N–H and O–H groups in total. The van der Waals surface area contributed by atoms with Crippen molar-refractivity contribution in [3.8, 4) is 0 Å². The van der Waals surface area contributed by atoms with Crippen molar-refractivity contribution in [1.82, 2.24) is 4.72 Å². The van der Waals surface area contributed by atoms with E-state index in [2.05, 4.69) is 4.72 Å². The lowest BCUT2D eigenvalue weighted by atomic mass is 10.1. The number of halogens is 1. The van der Waals surface area contributed by atoms with E-state index in [1.807, 2.05) is 0 Å². The number of hydrogen-bond acceptors (Lipinski definition) is 2. The van der Waals surface area contributed by atoms with Crippen molar-refractivity contribution in [3.63, 3.8) is 0 Å². The minimum Gasteiger partial charge on any atom is -0.215 e. The quantitative estimate of drug-likeness (QED) is 0.787. The first-order valence-corrected chi connectivity index (χ1v) is 8.85. The van der Waals surface area contributed by atoms with Crippen molar-refractivity contribution in [2.75, 3.05) is 6.54 Å². The summed E-state index contributed by atoms with van der Waals surface area (Å²) in [6, 6.07) is 6.46. The first-order chi connectivity index (χ1) is 9.58. The first-order valence-electron chi connectivity index (χ1n) is 7.31. The van der Waals surface area contributed by atoms with Gasteiger partial charge in [0.1, 0.15) is 5.82 Å². The van der Waals surface area contributed by atoms with E-state index in [1.165, 1.54) is 12.1 Å². The molecule has 1 aromatic carbocycles. The third kappa shape index (κ3) is 4.56. The Kier molecular flexibility index (Phi) is 5.54. The zero-order valence-corrected chi connectivity index (χ0v) is 12.5. The van der Waals surface area contributed by atoms with Crippen molar-refractivity contribution >= 4 is 10.0 Å². The summed E-state index contributed by atoms with van der Waals surface area (Å²) in [4.78, 5) is 0. The highest BCUT2D eigenvalue weighted by atomic mass is 32.2. The van der Waals surface area contributed by atoms with Crippen LogP contribution in [-0.2, 0) is 16.4 Å².